The number of hydrogen-bond acceptors (Lipinski definition) is 7. The van der Waals surface area contributed by atoms with Crippen LogP contribution < -0.4 is 5.32 Å². The van der Waals surface area contributed by atoms with Crippen LogP contribution >= 0.6 is 22.7 Å². The Kier molecular flexibility index (Phi) is 6.04. The van der Waals surface area contributed by atoms with Gasteiger partial charge < -0.3 is 20.6 Å². The molecule has 2 aromatic heterocycles. The van der Waals surface area contributed by atoms with E-state index in [9.17, 15) is 20.1 Å². The smallest absolute Gasteiger partial charge is 0.225 e. The molecule has 4 N–H and O–H groups in total. The Bertz CT molecular complexity index is 1190. The molecule has 0 spiro atoms. The van der Waals surface area contributed by atoms with Crippen molar-refractivity contribution in [3.8, 4) is 16.3 Å². The van der Waals surface area contributed by atoms with Gasteiger partial charge in [-0.05, 0) is 54.2 Å². The number of nitrogens with one attached hydrogen (secondary N) is 1. The van der Waals surface area contributed by atoms with E-state index in [2.05, 4.69) is 23.7 Å². The average Bonchev–Trinajstić information content (AvgIpc) is 3.48. The average molecular weight is 499 g/mol. The van der Waals surface area contributed by atoms with Gasteiger partial charge >= 0.3 is 0 Å². The molecule has 6 nitrogen and oxygen atoms in total. The third kappa shape index (κ3) is 3.86. The number of thiazole rings is 1. The number of thiophene rings is 1. The largest absolute Gasteiger partial charge is 0.508 e. The van der Waals surface area contributed by atoms with Gasteiger partial charge in [0.25, 0.3) is 0 Å². The molecular formula is C26H30N2O4S2. The van der Waals surface area contributed by atoms with Crippen LogP contribution in [0.25, 0.3) is 10.6 Å². The molecule has 0 saturated heterocycles. The van der Waals surface area contributed by atoms with E-state index in [-0.39, 0.29) is 41.9 Å². The first-order valence-electron chi connectivity index (χ1n) is 11.6. The third-order valence-electron chi connectivity index (χ3n) is 8.18. The molecule has 3 aromatic rings. The number of aromatic nitrogens is 1. The summed E-state index contributed by atoms with van der Waals surface area (Å²) in [5, 5.41) is 39.1. The predicted octanol–water partition coefficient (Wildman–Crippen LogP) is 5.02. The number of aliphatic hydroxyl groups excluding tert-OH is 2. The number of carbonyl (C=O) groups excluding carboxylic acids is 1. The summed E-state index contributed by atoms with van der Waals surface area (Å²) in [6.07, 6.45) is 1.77. The molecule has 2 aliphatic carbocycles. The van der Waals surface area contributed by atoms with E-state index in [1.54, 1.807) is 40.9 Å². The van der Waals surface area contributed by atoms with Gasteiger partial charge in [0.2, 0.25) is 5.91 Å². The van der Waals surface area contributed by atoms with Crippen molar-refractivity contribution in [1.29, 1.82) is 0 Å². The third-order valence-corrected chi connectivity index (χ3v) is 10.0. The Balaban J connectivity index is 1.54. The Labute approximate surface area is 207 Å². The molecule has 1 aromatic carbocycles. The molecule has 2 aliphatic rings. The minimum absolute atomic E-state index is 0.0237. The molecule has 8 heteroatoms. The highest BCUT2D eigenvalue weighted by molar-refractivity contribution is 7.15. The van der Waals surface area contributed by atoms with Crippen molar-refractivity contribution in [3.63, 3.8) is 0 Å². The molecule has 0 bridgehead atoms. The number of aliphatic hydroxyl groups is 2. The lowest BCUT2D eigenvalue weighted by atomic mass is 9.47. The van der Waals surface area contributed by atoms with Crippen molar-refractivity contribution >= 4 is 34.3 Å². The lowest BCUT2D eigenvalue weighted by Crippen LogP contribution is -2.57. The number of hydrogen-bond donors (Lipinski definition) is 4. The fourth-order valence-electron chi connectivity index (χ4n) is 6.14. The van der Waals surface area contributed by atoms with Crippen LogP contribution in [0.4, 0.5) is 5.69 Å². The Morgan fingerprint density at radius 3 is 2.82 bits per heavy atom. The first kappa shape index (κ1) is 23.5. The summed E-state index contributed by atoms with van der Waals surface area (Å²) in [7, 11) is 0. The Morgan fingerprint density at radius 2 is 2.12 bits per heavy atom. The van der Waals surface area contributed by atoms with E-state index in [1.165, 1.54) is 6.07 Å². The number of amides is 1. The fourth-order valence-corrected chi connectivity index (χ4v) is 8.02. The summed E-state index contributed by atoms with van der Waals surface area (Å²) >= 11 is 3.30. The van der Waals surface area contributed by atoms with Crippen LogP contribution in [0.2, 0.25) is 0 Å². The molecular weight excluding hydrogens is 468 g/mol. The van der Waals surface area contributed by atoms with Crippen molar-refractivity contribution < 1.29 is 20.1 Å². The molecule has 1 amide bonds. The quantitative estimate of drug-likeness (QED) is 0.396. The molecule has 34 heavy (non-hydrogen) atoms. The molecule has 5 unspecified atom stereocenters. The Morgan fingerprint density at radius 1 is 1.29 bits per heavy atom. The summed E-state index contributed by atoms with van der Waals surface area (Å²) in [6, 6.07) is 8.62. The fraction of sp³-hybridized carbons (Fsp3) is 0.462. The lowest BCUT2D eigenvalue weighted by molar-refractivity contribution is -0.143. The van der Waals surface area contributed by atoms with Gasteiger partial charge in [-0.25, -0.2) is 4.98 Å². The first-order valence-corrected chi connectivity index (χ1v) is 13.4. The van der Waals surface area contributed by atoms with Gasteiger partial charge in [0.15, 0.2) is 0 Å². The maximum absolute atomic E-state index is 13.2. The van der Waals surface area contributed by atoms with Gasteiger partial charge in [-0.2, -0.15) is 11.3 Å². The van der Waals surface area contributed by atoms with Crippen molar-refractivity contribution in [2.24, 2.45) is 16.7 Å². The summed E-state index contributed by atoms with van der Waals surface area (Å²) in [5.74, 6) is -0.147. The number of carbonyl (C=O) groups is 1. The van der Waals surface area contributed by atoms with Crippen molar-refractivity contribution in [3.05, 3.63) is 51.7 Å². The molecule has 0 radical (unpaired) electrons. The van der Waals surface area contributed by atoms with Crippen molar-refractivity contribution in [1.82, 2.24) is 4.98 Å². The highest BCUT2D eigenvalue weighted by Gasteiger charge is 2.59. The predicted molar refractivity (Wildman–Crippen MR) is 135 cm³/mol. The topological polar surface area (TPSA) is 103 Å². The number of phenolic OH excluding ortho intramolecular Hbond substituents is 1. The van der Waals surface area contributed by atoms with Gasteiger partial charge in [0.05, 0.1) is 18.4 Å². The van der Waals surface area contributed by atoms with Crippen LogP contribution in [0.5, 0.6) is 5.75 Å². The second kappa shape index (κ2) is 8.75. The number of phenols is 1. The molecule has 5 rings (SSSR count). The number of anilines is 1. The van der Waals surface area contributed by atoms with E-state index in [0.29, 0.717) is 12.1 Å². The van der Waals surface area contributed by atoms with Gasteiger partial charge in [0, 0.05) is 45.3 Å². The standard InChI is InChI=1S/C26H30N2O4S2/c1-25-8-6-21(31)26(2,14-29)20(25)12-19-23(28-24(34-19)15-7-9-33-13-15)18(25)11-22(32)27-16-4-3-5-17(30)10-16/h3-5,7,9-10,13,18,20-21,29-31H,6,8,11-12,14H2,1-2H3,(H,27,32). The number of benzene rings is 1. The molecule has 5 atom stereocenters. The summed E-state index contributed by atoms with van der Waals surface area (Å²) in [4.78, 5) is 19.4. The van der Waals surface area contributed by atoms with Crippen LogP contribution in [0.3, 0.4) is 0 Å². The molecule has 2 heterocycles. The number of rotatable bonds is 5. The van der Waals surface area contributed by atoms with Crippen molar-refractivity contribution in [2.45, 2.75) is 51.6 Å². The first-order chi connectivity index (χ1) is 16.2. The number of aromatic hydroxyl groups is 1. The monoisotopic (exact) mass is 498 g/mol. The van der Waals surface area contributed by atoms with Crippen LogP contribution in [0.1, 0.15) is 49.6 Å². The lowest BCUT2D eigenvalue weighted by Gasteiger charge is -2.58. The van der Waals surface area contributed by atoms with Gasteiger partial charge in [0.1, 0.15) is 10.8 Å². The molecule has 1 saturated carbocycles. The normalized spacial score (nSPS) is 30.4. The van der Waals surface area contributed by atoms with Crippen LogP contribution in [-0.2, 0) is 11.2 Å². The van der Waals surface area contributed by atoms with E-state index < -0.39 is 11.5 Å². The van der Waals surface area contributed by atoms with Crippen LogP contribution in [0, 0.1) is 16.7 Å². The van der Waals surface area contributed by atoms with Crippen molar-refractivity contribution in [2.75, 3.05) is 11.9 Å². The van der Waals surface area contributed by atoms with Gasteiger partial charge in [-0.15, -0.1) is 11.3 Å². The Hall–Kier alpha value is -2.26. The molecule has 180 valence electrons. The van der Waals surface area contributed by atoms with Crippen LogP contribution in [-0.4, -0.2) is 38.9 Å². The molecule has 1 fully saturated rings. The van der Waals surface area contributed by atoms with E-state index in [0.717, 1.165) is 34.0 Å². The molecule has 0 aliphatic heterocycles. The summed E-state index contributed by atoms with van der Waals surface area (Å²) < 4.78 is 0. The van der Waals surface area contributed by atoms with Gasteiger partial charge in [-0.1, -0.05) is 19.9 Å². The zero-order valence-electron chi connectivity index (χ0n) is 19.3. The zero-order chi connectivity index (χ0) is 24.1. The highest BCUT2D eigenvalue weighted by Crippen LogP contribution is 2.63. The highest BCUT2D eigenvalue weighted by atomic mass is 32.1. The van der Waals surface area contributed by atoms with E-state index in [4.69, 9.17) is 4.98 Å². The minimum Gasteiger partial charge on any atom is -0.508 e. The van der Waals surface area contributed by atoms with E-state index in [1.807, 2.05) is 12.3 Å². The number of fused-ring (bicyclic) bond motifs is 2. The second-order valence-electron chi connectivity index (χ2n) is 10.2. The maximum atomic E-state index is 13.2. The minimum atomic E-state index is -0.642. The summed E-state index contributed by atoms with van der Waals surface area (Å²) in [6.45, 7) is 4.09. The second-order valence-corrected chi connectivity index (χ2v) is 12.0. The summed E-state index contributed by atoms with van der Waals surface area (Å²) in [5.41, 5.74) is 1.69. The van der Waals surface area contributed by atoms with Crippen LogP contribution in [0.15, 0.2) is 41.1 Å². The zero-order valence-corrected chi connectivity index (χ0v) is 21.0. The maximum Gasteiger partial charge on any atom is 0.225 e. The number of nitrogens with zero attached hydrogens (tertiary/aromatic N) is 1. The van der Waals surface area contributed by atoms with Gasteiger partial charge in [-0.3, -0.25) is 4.79 Å². The SMILES string of the molecule is CC1(CO)C(O)CCC2(C)C(CC(=O)Nc3cccc(O)c3)c3nc(-c4ccsc4)sc3CC12. The van der Waals surface area contributed by atoms with E-state index >= 15 is 0 Å².